The average molecular weight is 400 g/mol. The number of carbonyl (C=O) groups is 1. The number of amides is 1. The van der Waals surface area contributed by atoms with Crippen LogP contribution in [0.1, 0.15) is 77.0 Å². The lowest BCUT2D eigenvalue weighted by molar-refractivity contribution is 0.143. The zero-order chi connectivity index (χ0) is 21.0. The van der Waals surface area contributed by atoms with Gasteiger partial charge in [0.15, 0.2) is 11.9 Å². The quantitative estimate of drug-likeness (QED) is 0.134. The molecule has 0 atom stereocenters. The Kier molecular flexibility index (Phi) is 16.8. The maximum absolute atomic E-state index is 11.3. The Morgan fingerprint density at radius 1 is 0.607 bits per heavy atom. The molecule has 0 aromatic rings. The van der Waals surface area contributed by atoms with Crippen LogP contribution in [0.15, 0.2) is 9.98 Å². The third kappa shape index (κ3) is 18.6. The van der Waals surface area contributed by atoms with Crippen LogP contribution in [0.4, 0.5) is 4.79 Å². The van der Waals surface area contributed by atoms with Crippen LogP contribution in [0.2, 0.25) is 0 Å². The highest BCUT2D eigenvalue weighted by Gasteiger charge is 2.10. The monoisotopic (exact) mass is 399 g/mol. The molecule has 0 saturated heterocycles. The Balaban J connectivity index is 3.57. The molecule has 164 valence electrons. The molecule has 0 fully saturated rings. The van der Waals surface area contributed by atoms with E-state index in [9.17, 15) is 9.90 Å². The van der Waals surface area contributed by atoms with Gasteiger partial charge in [0.2, 0.25) is 0 Å². The van der Waals surface area contributed by atoms with Crippen LogP contribution in [-0.4, -0.2) is 54.2 Å². The Morgan fingerprint density at radius 2 is 0.929 bits per heavy atom. The fraction of sp³-hybridized carbons (Fsp3) is 0.842. The Bertz CT molecular complexity index is 414. The minimum Gasteiger partial charge on any atom is -0.465 e. The molecular formula is C19H41N7O2. The molecule has 0 aromatic carbocycles. The predicted octanol–water partition coefficient (Wildman–Crippen LogP) is 2.19. The molecular weight excluding hydrogens is 358 g/mol. The first-order valence-corrected chi connectivity index (χ1v) is 10.5. The first-order chi connectivity index (χ1) is 13.4. The van der Waals surface area contributed by atoms with Crippen molar-refractivity contribution < 1.29 is 9.90 Å². The number of hydrogen-bond donors (Lipinski definition) is 5. The van der Waals surface area contributed by atoms with Crippen molar-refractivity contribution in [3.63, 3.8) is 0 Å². The van der Waals surface area contributed by atoms with Gasteiger partial charge in [-0.05, 0) is 25.7 Å². The van der Waals surface area contributed by atoms with Gasteiger partial charge < -0.3 is 32.9 Å². The number of carboxylic acid groups (broad SMARTS) is 1. The third-order valence-electron chi connectivity index (χ3n) is 4.53. The van der Waals surface area contributed by atoms with Gasteiger partial charge in [0.05, 0.1) is 0 Å². The molecule has 28 heavy (non-hydrogen) atoms. The van der Waals surface area contributed by atoms with Gasteiger partial charge in [-0.25, -0.2) is 4.79 Å². The van der Waals surface area contributed by atoms with E-state index in [-0.39, 0.29) is 11.9 Å². The third-order valence-corrected chi connectivity index (χ3v) is 4.53. The highest BCUT2D eigenvalue weighted by molar-refractivity contribution is 5.75. The SMILES string of the molecule is NC(N)=NCCCCCCCCN(CCCCCCCCN=C(N)N)C(=O)O. The van der Waals surface area contributed by atoms with Crippen molar-refractivity contribution in [2.24, 2.45) is 32.9 Å². The predicted molar refractivity (Wildman–Crippen MR) is 116 cm³/mol. The molecule has 0 aliphatic heterocycles. The van der Waals surface area contributed by atoms with Crippen LogP contribution in [-0.2, 0) is 0 Å². The minimum atomic E-state index is -0.811. The normalized spacial score (nSPS) is 10.4. The molecule has 0 aromatic heterocycles. The molecule has 9 heteroatoms. The van der Waals surface area contributed by atoms with Gasteiger partial charge in [0.1, 0.15) is 0 Å². The number of nitrogens with two attached hydrogens (primary N) is 4. The van der Waals surface area contributed by atoms with E-state index >= 15 is 0 Å². The first kappa shape index (κ1) is 25.8. The summed E-state index contributed by atoms with van der Waals surface area (Å²) in [5, 5.41) is 9.32. The fourth-order valence-corrected chi connectivity index (χ4v) is 2.96. The van der Waals surface area contributed by atoms with Crippen LogP contribution in [0.25, 0.3) is 0 Å². The highest BCUT2D eigenvalue weighted by atomic mass is 16.4. The second kappa shape index (κ2) is 18.2. The number of nitrogens with zero attached hydrogens (tertiary/aromatic N) is 3. The van der Waals surface area contributed by atoms with E-state index in [0.29, 0.717) is 26.2 Å². The Labute approximate surface area is 169 Å². The van der Waals surface area contributed by atoms with E-state index in [1.807, 2.05) is 0 Å². The molecule has 9 N–H and O–H groups in total. The maximum atomic E-state index is 11.3. The fourth-order valence-electron chi connectivity index (χ4n) is 2.96. The zero-order valence-corrected chi connectivity index (χ0v) is 17.3. The number of aliphatic imine (C=N–C) groups is 2. The van der Waals surface area contributed by atoms with Crippen molar-refractivity contribution in [3.8, 4) is 0 Å². The van der Waals surface area contributed by atoms with Gasteiger partial charge in [-0.1, -0.05) is 51.4 Å². The summed E-state index contributed by atoms with van der Waals surface area (Å²) in [4.78, 5) is 20.8. The van der Waals surface area contributed by atoms with Crippen molar-refractivity contribution in [3.05, 3.63) is 0 Å². The highest BCUT2D eigenvalue weighted by Crippen LogP contribution is 2.09. The molecule has 0 unspecified atom stereocenters. The summed E-state index contributed by atoms with van der Waals surface area (Å²) >= 11 is 0. The van der Waals surface area contributed by atoms with Crippen molar-refractivity contribution >= 4 is 18.0 Å². The number of hydrogen-bond acceptors (Lipinski definition) is 3. The van der Waals surface area contributed by atoms with Gasteiger partial charge in [-0.3, -0.25) is 9.98 Å². The molecule has 1 amide bonds. The van der Waals surface area contributed by atoms with Gasteiger partial charge in [0, 0.05) is 26.2 Å². The molecule has 0 spiro atoms. The molecule has 0 aliphatic carbocycles. The smallest absolute Gasteiger partial charge is 0.407 e. The molecule has 0 saturated carbocycles. The lowest BCUT2D eigenvalue weighted by Crippen LogP contribution is -2.31. The number of unbranched alkanes of at least 4 members (excludes halogenated alkanes) is 10. The molecule has 0 heterocycles. The standard InChI is InChI=1S/C19H41N7O2/c20-17(21)24-13-9-5-1-3-7-11-15-26(19(27)28)16-12-8-4-2-6-10-14-25-18(22)23/h1-16H2,(H,27,28)(H4,20,21,24)(H4,22,23,25). The molecule has 0 rings (SSSR count). The summed E-state index contributed by atoms with van der Waals surface area (Å²) in [6.07, 6.45) is 11.9. The summed E-state index contributed by atoms with van der Waals surface area (Å²) in [5.74, 6) is 0.299. The molecule has 0 radical (unpaired) electrons. The van der Waals surface area contributed by atoms with Crippen molar-refractivity contribution in [2.45, 2.75) is 77.0 Å². The van der Waals surface area contributed by atoms with Gasteiger partial charge >= 0.3 is 6.09 Å². The van der Waals surface area contributed by atoms with Gasteiger partial charge in [-0.2, -0.15) is 0 Å². The summed E-state index contributed by atoms with van der Waals surface area (Å²) in [7, 11) is 0. The summed E-state index contributed by atoms with van der Waals surface area (Å²) in [6.45, 7) is 2.63. The van der Waals surface area contributed by atoms with Crippen molar-refractivity contribution in [1.82, 2.24) is 4.90 Å². The zero-order valence-electron chi connectivity index (χ0n) is 17.3. The van der Waals surface area contributed by atoms with E-state index in [2.05, 4.69) is 9.98 Å². The average Bonchev–Trinajstić information content (AvgIpc) is 2.62. The van der Waals surface area contributed by atoms with Gasteiger partial charge in [-0.15, -0.1) is 0 Å². The molecule has 0 bridgehead atoms. The van der Waals surface area contributed by atoms with Crippen molar-refractivity contribution in [1.29, 1.82) is 0 Å². The first-order valence-electron chi connectivity index (χ1n) is 10.5. The van der Waals surface area contributed by atoms with Crippen LogP contribution in [0.3, 0.4) is 0 Å². The van der Waals surface area contributed by atoms with Crippen LogP contribution in [0.5, 0.6) is 0 Å². The largest absolute Gasteiger partial charge is 0.465 e. The molecule has 9 nitrogen and oxygen atoms in total. The summed E-state index contributed by atoms with van der Waals surface area (Å²) in [5.41, 5.74) is 21.1. The van der Waals surface area contributed by atoms with Crippen LogP contribution >= 0.6 is 0 Å². The van der Waals surface area contributed by atoms with Crippen LogP contribution in [0, 0.1) is 0 Å². The second-order valence-electron chi connectivity index (χ2n) is 7.13. The summed E-state index contributed by atoms with van der Waals surface area (Å²) < 4.78 is 0. The maximum Gasteiger partial charge on any atom is 0.407 e. The lowest BCUT2D eigenvalue weighted by Gasteiger charge is -2.19. The lowest BCUT2D eigenvalue weighted by atomic mass is 10.1. The van der Waals surface area contributed by atoms with Gasteiger partial charge in [0.25, 0.3) is 0 Å². The number of rotatable bonds is 18. The second-order valence-corrected chi connectivity index (χ2v) is 7.13. The Morgan fingerprint density at radius 3 is 1.25 bits per heavy atom. The van der Waals surface area contributed by atoms with Crippen LogP contribution < -0.4 is 22.9 Å². The van der Waals surface area contributed by atoms with Crippen molar-refractivity contribution in [2.75, 3.05) is 26.2 Å². The summed E-state index contributed by atoms with van der Waals surface area (Å²) in [6, 6.07) is 0. The topological polar surface area (TPSA) is 169 Å². The van der Waals surface area contributed by atoms with E-state index in [0.717, 1.165) is 77.0 Å². The number of guanidine groups is 2. The molecule has 0 aliphatic rings. The van der Waals surface area contributed by atoms with E-state index in [1.54, 1.807) is 4.90 Å². The Hall–Kier alpha value is -2.19. The van der Waals surface area contributed by atoms with E-state index in [4.69, 9.17) is 22.9 Å². The van der Waals surface area contributed by atoms with E-state index < -0.39 is 6.09 Å². The minimum absolute atomic E-state index is 0.150. The van der Waals surface area contributed by atoms with E-state index in [1.165, 1.54) is 0 Å².